The molecule has 2 aliphatic heterocycles. The fraction of sp³-hybridized carbons (Fsp3) is 0.318. The van der Waals surface area contributed by atoms with Crippen LogP contribution in [0.15, 0.2) is 64.6 Å². The maximum absolute atomic E-state index is 13.0. The summed E-state index contributed by atoms with van der Waals surface area (Å²) < 4.78 is 27.1. The predicted molar refractivity (Wildman–Crippen MR) is 122 cm³/mol. The Morgan fingerprint density at radius 1 is 0.971 bits per heavy atom. The Morgan fingerprint density at radius 2 is 1.62 bits per heavy atom. The molecule has 178 valence electrons. The van der Waals surface area contributed by atoms with E-state index >= 15 is 0 Å². The van der Waals surface area contributed by atoms with Crippen LogP contribution >= 0.6 is 0 Å². The molecule has 1 saturated heterocycles. The second kappa shape index (κ2) is 9.69. The van der Waals surface area contributed by atoms with Crippen LogP contribution in [-0.2, 0) is 26.2 Å². The van der Waals surface area contributed by atoms with Gasteiger partial charge in [-0.3, -0.25) is 19.7 Å². The van der Waals surface area contributed by atoms with Gasteiger partial charge in [-0.1, -0.05) is 42.5 Å². The largest absolute Gasteiger partial charge is 0.335 e. The standard InChI is InChI=1S/C22H23N5O6S/c28-21-11-10-18(23-26(21)16-17-6-2-1-3-7-17)22(29)24-12-14-25(15-13-24)34(32,33)20-9-5-4-8-19(20)27(30)31/h1-9H,10-16H2. The quantitative estimate of drug-likeness (QED) is 0.451. The first-order chi connectivity index (χ1) is 16.3. The van der Waals surface area contributed by atoms with Gasteiger partial charge in [-0.25, -0.2) is 13.4 Å². The molecule has 0 saturated carbocycles. The molecule has 12 heteroatoms. The van der Waals surface area contributed by atoms with Crippen molar-refractivity contribution in [2.45, 2.75) is 24.3 Å². The minimum absolute atomic E-state index is 0.0000616. The highest BCUT2D eigenvalue weighted by Gasteiger charge is 2.36. The molecule has 2 aliphatic rings. The monoisotopic (exact) mass is 485 g/mol. The number of sulfonamides is 1. The highest BCUT2D eigenvalue weighted by Crippen LogP contribution is 2.27. The van der Waals surface area contributed by atoms with E-state index in [1.165, 1.54) is 28.1 Å². The van der Waals surface area contributed by atoms with E-state index in [1.54, 1.807) is 0 Å². The number of benzene rings is 2. The first kappa shape index (κ1) is 23.5. The zero-order valence-electron chi connectivity index (χ0n) is 18.2. The fourth-order valence-electron chi connectivity index (χ4n) is 3.91. The highest BCUT2D eigenvalue weighted by molar-refractivity contribution is 7.89. The molecule has 0 unspecified atom stereocenters. The molecule has 2 aromatic rings. The Hall–Kier alpha value is -3.64. The van der Waals surface area contributed by atoms with Crippen LogP contribution < -0.4 is 0 Å². The van der Waals surface area contributed by atoms with Crippen molar-refractivity contribution in [3.8, 4) is 0 Å². The first-order valence-corrected chi connectivity index (χ1v) is 12.2. The Bertz CT molecular complexity index is 1240. The van der Waals surface area contributed by atoms with E-state index < -0.39 is 20.6 Å². The van der Waals surface area contributed by atoms with Gasteiger partial charge in [0.2, 0.25) is 15.9 Å². The molecule has 0 atom stereocenters. The number of nitro benzene ring substituents is 1. The first-order valence-electron chi connectivity index (χ1n) is 10.7. The maximum Gasteiger partial charge on any atom is 0.289 e. The maximum atomic E-state index is 13.0. The summed E-state index contributed by atoms with van der Waals surface area (Å²) >= 11 is 0. The highest BCUT2D eigenvalue weighted by atomic mass is 32.2. The van der Waals surface area contributed by atoms with Crippen molar-refractivity contribution < 1.29 is 22.9 Å². The van der Waals surface area contributed by atoms with Crippen LogP contribution in [0.4, 0.5) is 5.69 Å². The van der Waals surface area contributed by atoms with Crippen molar-refractivity contribution in [2.24, 2.45) is 5.10 Å². The predicted octanol–water partition coefficient (Wildman–Crippen LogP) is 1.61. The van der Waals surface area contributed by atoms with Crippen molar-refractivity contribution in [1.82, 2.24) is 14.2 Å². The van der Waals surface area contributed by atoms with E-state index in [9.17, 15) is 28.1 Å². The van der Waals surface area contributed by atoms with Gasteiger partial charge in [-0.05, 0) is 11.6 Å². The zero-order valence-corrected chi connectivity index (χ0v) is 19.1. The summed E-state index contributed by atoms with van der Waals surface area (Å²) in [5.41, 5.74) is 0.661. The Morgan fingerprint density at radius 3 is 2.29 bits per heavy atom. The molecule has 0 aliphatic carbocycles. The zero-order chi connectivity index (χ0) is 24.3. The van der Waals surface area contributed by atoms with Crippen LogP contribution in [0.3, 0.4) is 0 Å². The molecule has 2 heterocycles. The number of rotatable bonds is 6. The molecule has 0 bridgehead atoms. The third kappa shape index (κ3) is 4.82. The molecule has 4 rings (SSSR count). The number of carbonyl (C=O) groups excluding carboxylic acids is 2. The van der Waals surface area contributed by atoms with Gasteiger partial charge in [0, 0.05) is 45.1 Å². The van der Waals surface area contributed by atoms with Gasteiger partial charge >= 0.3 is 0 Å². The molecular formula is C22H23N5O6S. The van der Waals surface area contributed by atoms with Gasteiger partial charge < -0.3 is 4.90 Å². The van der Waals surface area contributed by atoms with Crippen molar-refractivity contribution in [3.63, 3.8) is 0 Å². The molecule has 0 N–H and O–H groups in total. The van der Waals surface area contributed by atoms with Gasteiger partial charge in [0.15, 0.2) is 4.90 Å². The lowest BCUT2D eigenvalue weighted by Gasteiger charge is -2.34. The van der Waals surface area contributed by atoms with Crippen LogP contribution in [0.1, 0.15) is 18.4 Å². The molecule has 0 radical (unpaired) electrons. The third-order valence-electron chi connectivity index (χ3n) is 5.73. The number of amides is 2. The smallest absolute Gasteiger partial charge is 0.289 e. The van der Waals surface area contributed by atoms with Crippen LogP contribution in [0.5, 0.6) is 0 Å². The Labute approximate surface area is 196 Å². The average Bonchev–Trinajstić information content (AvgIpc) is 2.85. The third-order valence-corrected chi connectivity index (χ3v) is 7.68. The number of nitrogens with zero attached hydrogens (tertiary/aromatic N) is 5. The van der Waals surface area contributed by atoms with E-state index in [4.69, 9.17) is 0 Å². The average molecular weight is 486 g/mol. The minimum Gasteiger partial charge on any atom is -0.335 e. The number of hydrogen-bond acceptors (Lipinski definition) is 7. The summed E-state index contributed by atoms with van der Waals surface area (Å²) in [5, 5.41) is 16.8. The topological polar surface area (TPSA) is 134 Å². The molecule has 1 fully saturated rings. The summed E-state index contributed by atoms with van der Waals surface area (Å²) in [4.78, 5) is 37.0. The molecule has 0 aromatic heterocycles. The SMILES string of the molecule is O=C(C1=NN(Cc2ccccc2)C(=O)CC1)N1CCN(S(=O)(=O)c2ccccc2[N+](=O)[O-])CC1. The summed E-state index contributed by atoms with van der Waals surface area (Å²) in [6.07, 6.45) is 0.390. The van der Waals surface area contributed by atoms with Crippen LogP contribution in [0, 0.1) is 10.1 Å². The summed E-state index contributed by atoms with van der Waals surface area (Å²) in [5.74, 6) is -0.505. The molecule has 0 spiro atoms. The number of nitro groups is 1. The van der Waals surface area contributed by atoms with Crippen molar-refractivity contribution in [1.29, 1.82) is 0 Å². The molecule has 11 nitrogen and oxygen atoms in total. The summed E-state index contributed by atoms with van der Waals surface area (Å²) in [6, 6.07) is 14.5. The molecule has 2 aromatic carbocycles. The second-order valence-corrected chi connectivity index (χ2v) is 9.81. The van der Waals surface area contributed by atoms with Gasteiger partial charge in [-0.15, -0.1) is 0 Å². The fourth-order valence-corrected chi connectivity index (χ4v) is 5.49. The minimum atomic E-state index is -4.09. The number of hydrazone groups is 1. The number of hydrogen-bond donors (Lipinski definition) is 0. The number of piperazine rings is 1. The lowest BCUT2D eigenvalue weighted by molar-refractivity contribution is -0.387. The van der Waals surface area contributed by atoms with Gasteiger partial charge in [0.05, 0.1) is 11.5 Å². The molecule has 34 heavy (non-hydrogen) atoms. The van der Waals surface area contributed by atoms with Crippen LogP contribution in [0.25, 0.3) is 0 Å². The van der Waals surface area contributed by atoms with Crippen LogP contribution in [-0.4, -0.2) is 71.3 Å². The Kier molecular flexibility index (Phi) is 6.70. The summed E-state index contributed by atoms with van der Waals surface area (Å²) in [6.45, 7) is 0.493. The van der Waals surface area contributed by atoms with E-state index in [0.29, 0.717) is 0 Å². The number of carbonyl (C=O) groups is 2. The second-order valence-electron chi connectivity index (χ2n) is 7.90. The van der Waals surface area contributed by atoms with E-state index in [-0.39, 0.29) is 68.0 Å². The number of para-hydroxylation sites is 1. The lowest BCUT2D eigenvalue weighted by atomic mass is 10.1. The van der Waals surface area contributed by atoms with Gasteiger partial charge in [0.1, 0.15) is 5.71 Å². The van der Waals surface area contributed by atoms with Crippen molar-refractivity contribution in [2.75, 3.05) is 26.2 Å². The molecule has 2 amide bonds. The van der Waals surface area contributed by atoms with Gasteiger partial charge in [-0.2, -0.15) is 9.41 Å². The van der Waals surface area contributed by atoms with Gasteiger partial charge in [0.25, 0.3) is 11.6 Å². The van der Waals surface area contributed by atoms with E-state index in [0.717, 1.165) is 15.9 Å². The molecular weight excluding hydrogens is 462 g/mol. The van der Waals surface area contributed by atoms with Crippen molar-refractivity contribution in [3.05, 3.63) is 70.3 Å². The van der Waals surface area contributed by atoms with Crippen LogP contribution in [0.2, 0.25) is 0 Å². The van der Waals surface area contributed by atoms with E-state index in [2.05, 4.69) is 5.10 Å². The summed E-state index contributed by atoms with van der Waals surface area (Å²) in [7, 11) is -4.09. The van der Waals surface area contributed by atoms with Crippen molar-refractivity contribution >= 4 is 33.2 Å². The Balaban J connectivity index is 1.44. The normalized spacial score (nSPS) is 17.4. The van der Waals surface area contributed by atoms with E-state index in [1.807, 2.05) is 30.3 Å². The lowest BCUT2D eigenvalue weighted by Crippen LogP contribution is -2.52.